The smallest absolute Gasteiger partial charge is 0.300 e. The molecule has 0 saturated heterocycles. The molecule has 5 nitrogen and oxygen atoms in total. The molecule has 0 aliphatic heterocycles. The van der Waals surface area contributed by atoms with Crippen LogP contribution in [0.4, 0.5) is 0 Å². The fourth-order valence-electron chi connectivity index (χ4n) is 1.19. The van der Waals surface area contributed by atoms with Crippen LogP contribution in [-0.2, 0) is 9.59 Å². The number of carboxylic acids is 1. The summed E-state index contributed by atoms with van der Waals surface area (Å²) in [5.74, 6) is -1.77. The average Bonchev–Trinajstić information content (AvgIpc) is 2.27. The minimum atomic E-state index is -1.11. The number of aliphatic hydroxyl groups is 1. The van der Waals surface area contributed by atoms with Gasteiger partial charge in [-0.2, -0.15) is 0 Å². The lowest BCUT2D eigenvalue weighted by molar-refractivity contribution is -0.134. The highest BCUT2D eigenvalue weighted by Gasteiger charge is 2.20. The van der Waals surface area contributed by atoms with Crippen LogP contribution in [0.2, 0.25) is 0 Å². The molecule has 1 amide bonds. The van der Waals surface area contributed by atoms with Crippen molar-refractivity contribution in [1.82, 2.24) is 0 Å². The zero-order valence-corrected chi connectivity index (χ0v) is 9.83. The van der Waals surface area contributed by atoms with E-state index < -0.39 is 18.0 Å². The normalized spacial score (nSPS) is 12.9. The Morgan fingerprint density at radius 1 is 1.24 bits per heavy atom. The predicted octanol–water partition coefficient (Wildman–Crippen LogP) is 0.727. The molecule has 0 radical (unpaired) electrons. The number of aliphatic hydroxyl groups excluding tert-OH is 1. The molecule has 5 heteroatoms. The van der Waals surface area contributed by atoms with E-state index in [4.69, 9.17) is 15.6 Å². The summed E-state index contributed by atoms with van der Waals surface area (Å²) in [6, 6.07) is 9.32. The molecule has 17 heavy (non-hydrogen) atoms. The number of carbonyl (C=O) groups excluding carboxylic acids is 1. The van der Waals surface area contributed by atoms with Gasteiger partial charge in [-0.3, -0.25) is 9.59 Å². The van der Waals surface area contributed by atoms with Gasteiger partial charge in [0.1, 0.15) is 6.10 Å². The lowest BCUT2D eigenvalue weighted by Crippen LogP contribution is -2.32. The minimum absolute atomic E-state index is 0.251. The predicted molar refractivity (Wildman–Crippen MR) is 63.4 cm³/mol. The summed E-state index contributed by atoms with van der Waals surface area (Å²) in [5, 5.41) is 16.8. The van der Waals surface area contributed by atoms with Gasteiger partial charge < -0.3 is 15.9 Å². The lowest BCUT2D eigenvalue weighted by atomic mass is 9.95. The van der Waals surface area contributed by atoms with Gasteiger partial charge in [-0.15, -0.1) is 0 Å². The highest BCUT2D eigenvalue weighted by molar-refractivity contribution is 5.79. The van der Waals surface area contributed by atoms with Crippen LogP contribution in [0, 0.1) is 0 Å². The first-order valence-corrected chi connectivity index (χ1v) is 5.08. The van der Waals surface area contributed by atoms with Crippen LogP contribution in [0.1, 0.15) is 25.3 Å². The third-order valence-electron chi connectivity index (χ3n) is 2.09. The van der Waals surface area contributed by atoms with E-state index in [1.165, 1.54) is 0 Å². The third-order valence-corrected chi connectivity index (χ3v) is 2.09. The molecule has 2 unspecified atom stereocenters. The van der Waals surface area contributed by atoms with Crippen molar-refractivity contribution >= 4 is 11.9 Å². The molecular weight excluding hydrogens is 222 g/mol. The van der Waals surface area contributed by atoms with Crippen LogP contribution in [-0.4, -0.2) is 28.2 Å². The maximum absolute atomic E-state index is 10.7. The number of rotatable bonds is 3. The molecule has 0 bridgehead atoms. The first-order chi connectivity index (χ1) is 7.86. The van der Waals surface area contributed by atoms with Crippen molar-refractivity contribution in [2.45, 2.75) is 25.9 Å². The van der Waals surface area contributed by atoms with Crippen LogP contribution in [0.15, 0.2) is 30.3 Å². The van der Waals surface area contributed by atoms with Gasteiger partial charge in [0.2, 0.25) is 5.91 Å². The van der Waals surface area contributed by atoms with Crippen LogP contribution in [0.25, 0.3) is 0 Å². The summed E-state index contributed by atoms with van der Waals surface area (Å²) in [6.07, 6.45) is -1.11. The molecule has 0 aromatic heterocycles. The van der Waals surface area contributed by atoms with E-state index in [1.54, 1.807) is 6.92 Å². The minimum Gasteiger partial charge on any atom is -0.481 e. The van der Waals surface area contributed by atoms with Crippen molar-refractivity contribution < 1.29 is 19.8 Å². The van der Waals surface area contributed by atoms with Gasteiger partial charge in [-0.05, 0) is 5.56 Å². The quantitative estimate of drug-likeness (QED) is 0.723. The van der Waals surface area contributed by atoms with E-state index in [1.807, 2.05) is 30.3 Å². The van der Waals surface area contributed by atoms with Crippen molar-refractivity contribution in [3.05, 3.63) is 35.9 Å². The Hall–Kier alpha value is -1.88. The number of hydrogen-bond acceptors (Lipinski definition) is 3. The molecule has 1 aromatic rings. The third kappa shape index (κ3) is 6.32. The monoisotopic (exact) mass is 239 g/mol. The van der Waals surface area contributed by atoms with Gasteiger partial charge >= 0.3 is 0 Å². The van der Waals surface area contributed by atoms with Crippen molar-refractivity contribution in [2.24, 2.45) is 5.73 Å². The zero-order valence-electron chi connectivity index (χ0n) is 9.83. The molecule has 0 fully saturated rings. The number of primary amides is 1. The Labute approximate surface area is 99.9 Å². The van der Waals surface area contributed by atoms with Gasteiger partial charge in [0, 0.05) is 12.8 Å². The molecule has 0 heterocycles. The summed E-state index contributed by atoms with van der Waals surface area (Å²) < 4.78 is 0. The van der Waals surface area contributed by atoms with E-state index in [9.17, 15) is 9.90 Å². The highest BCUT2D eigenvalue weighted by atomic mass is 16.4. The second-order valence-corrected chi connectivity index (χ2v) is 3.57. The maximum Gasteiger partial charge on any atom is 0.300 e. The van der Waals surface area contributed by atoms with E-state index in [2.05, 4.69) is 0 Å². The zero-order chi connectivity index (χ0) is 13.4. The maximum atomic E-state index is 10.7. The van der Waals surface area contributed by atoms with E-state index >= 15 is 0 Å². The molecule has 94 valence electrons. The van der Waals surface area contributed by atoms with E-state index in [0.717, 1.165) is 12.5 Å². The number of benzene rings is 1. The Balaban J connectivity index is 0.000000557. The van der Waals surface area contributed by atoms with Gasteiger partial charge in [0.25, 0.3) is 5.97 Å². The number of aliphatic carboxylic acids is 1. The Morgan fingerprint density at radius 3 is 2.00 bits per heavy atom. The highest BCUT2D eigenvalue weighted by Crippen LogP contribution is 2.18. The van der Waals surface area contributed by atoms with Crippen molar-refractivity contribution in [2.75, 3.05) is 0 Å². The van der Waals surface area contributed by atoms with Crippen molar-refractivity contribution in [3.8, 4) is 0 Å². The first-order valence-electron chi connectivity index (χ1n) is 5.08. The summed E-state index contributed by atoms with van der Waals surface area (Å²) in [6.45, 7) is 2.85. The topological polar surface area (TPSA) is 101 Å². The molecule has 2 atom stereocenters. The summed E-state index contributed by atoms with van der Waals surface area (Å²) in [4.78, 5) is 19.7. The molecule has 4 N–H and O–H groups in total. The average molecular weight is 239 g/mol. The molecule has 0 spiro atoms. The molecule has 0 aliphatic carbocycles. The summed E-state index contributed by atoms with van der Waals surface area (Å²) in [7, 11) is 0. The second kappa shape index (κ2) is 7.40. The number of nitrogens with two attached hydrogens (primary N) is 1. The van der Waals surface area contributed by atoms with Crippen molar-refractivity contribution in [1.29, 1.82) is 0 Å². The van der Waals surface area contributed by atoms with Crippen molar-refractivity contribution in [3.63, 3.8) is 0 Å². The molecule has 0 saturated carbocycles. The summed E-state index contributed by atoms with van der Waals surface area (Å²) in [5.41, 5.74) is 5.90. The van der Waals surface area contributed by atoms with Crippen LogP contribution in [0.5, 0.6) is 0 Å². The number of carbonyl (C=O) groups is 2. The molecular formula is C12H17NO4. The van der Waals surface area contributed by atoms with Crippen LogP contribution < -0.4 is 5.73 Å². The van der Waals surface area contributed by atoms with Gasteiger partial charge in [-0.1, -0.05) is 37.3 Å². The Kier molecular flexibility index (Phi) is 6.58. The van der Waals surface area contributed by atoms with Crippen LogP contribution in [0.3, 0.4) is 0 Å². The summed E-state index contributed by atoms with van der Waals surface area (Å²) >= 11 is 0. The molecule has 0 aliphatic rings. The Bertz CT molecular complexity index is 360. The van der Waals surface area contributed by atoms with Crippen LogP contribution >= 0.6 is 0 Å². The van der Waals surface area contributed by atoms with Gasteiger partial charge in [0.15, 0.2) is 0 Å². The Morgan fingerprint density at radius 2 is 1.65 bits per heavy atom. The van der Waals surface area contributed by atoms with E-state index in [0.29, 0.717) is 0 Å². The number of carboxylic acid groups (broad SMARTS) is 1. The first kappa shape index (κ1) is 15.1. The second-order valence-electron chi connectivity index (χ2n) is 3.57. The number of hydrogen-bond donors (Lipinski definition) is 3. The lowest BCUT2D eigenvalue weighted by Gasteiger charge is -2.15. The standard InChI is InChI=1S/C10H13NO2.C2H4O2/c1-7(9(12)10(11)13)8-5-3-2-4-6-8;1-2(3)4/h2-7,9,12H,1H3,(H2,11,13);1H3,(H,3,4). The SMILES string of the molecule is CC(=O)O.CC(c1ccccc1)C(O)C(N)=O. The largest absolute Gasteiger partial charge is 0.481 e. The van der Waals surface area contributed by atoms with E-state index in [-0.39, 0.29) is 5.92 Å². The fourth-order valence-corrected chi connectivity index (χ4v) is 1.19. The fraction of sp³-hybridized carbons (Fsp3) is 0.333. The van der Waals surface area contributed by atoms with Gasteiger partial charge in [0.05, 0.1) is 0 Å². The molecule has 1 aromatic carbocycles. The number of amides is 1. The van der Waals surface area contributed by atoms with Gasteiger partial charge in [-0.25, -0.2) is 0 Å². The molecule has 1 rings (SSSR count).